The first kappa shape index (κ1) is 17.0. The monoisotopic (exact) mass is 379 g/mol. The van der Waals surface area contributed by atoms with Gasteiger partial charge in [0.25, 0.3) is 5.91 Å². The topological polar surface area (TPSA) is 91.5 Å². The number of hydrogen-bond acceptors (Lipinski definition) is 6. The number of hydrogen-bond donors (Lipinski definition) is 1. The van der Waals surface area contributed by atoms with Crippen LogP contribution in [-0.2, 0) is 4.79 Å². The highest BCUT2D eigenvalue weighted by Crippen LogP contribution is 2.39. The fraction of sp³-hybridized carbons (Fsp3) is 0.400. The van der Waals surface area contributed by atoms with Crippen LogP contribution < -0.4 is 15.1 Å². The normalized spacial score (nSPS) is 22.7. The van der Waals surface area contributed by atoms with Crippen LogP contribution in [0, 0.1) is 11.3 Å². The second-order valence-electron chi connectivity index (χ2n) is 7.62. The predicted octanol–water partition coefficient (Wildman–Crippen LogP) is 1.56. The molecule has 1 saturated heterocycles. The molecule has 1 N–H and O–H groups in total. The molecule has 1 unspecified atom stereocenters. The first-order valence-corrected chi connectivity index (χ1v) is 9.57. The van der Waals surface area contributed by atoms with Crippen LogP contribution in [0.1, 0.15) is 29.6 Å². The van der Waals surface area contributed by atoms with Gasteiger partial charge in [-0.2, -0.15) is 0 Å². The summed E-state index contributed by atoms with van der Waals surface area (Å²) >= 11 is 0. The molecule has 0 radical (unpaired) electrons. The van der Waals surface area contributed by atoms with Gasteiger partial charge in [0.1, 0.15) is 12.1 Å². The van der Waals surface area contributed by atoms with Crippen LogP contribution in [0.2, 0.25) is 0 Å². The minimum absolute atomic E-state index is 0.0309. The Labute approximate surface area is 161 Å². The molecule has 8 nitrogen and oxygen atoms in total. The molecule has 2 bridgehead atoms. The molecule has 28 heavy (non-hydrogen) atoms. The maximum atomic E-state index is 12.9. The first-order chi connectivity index (χ1) is 13.6. The summed E-state index contributed by atoms with van der Waals surface area (Å²) in [6.07, 6.45) is 7.22. The van der Waals surface area contributed by atoms with E-state index in [9.17, 15) is 9.59 Å². The maximum Gasteiger partial charge on any atom is 0.255 e. The van der Waals surface area contributed by atoms with E-state index < -0.39 is 0 Å². The van der Waals surface area contributed by atoms with Gasteiger partial charge in [0.05, 0.1) is 12.1 Å². The quantitative estimate of drug-likeness (QED) is 0.817. The third kappa shape index (κ3) is 2.67. The number of piperidine rings is 1. The van der Waals surface area contributed by atoms with Gasteiger partial charge in [-0.1, -0.05) is 0 Å². The maximum absolute atomic E-state index is 12.9. The van der Waals surface area contributed by atoms with E-state index in [0.29, 0.717) is 48.7 Å². The van der Waals surface area contributed by atoms with Gasteiger partial charge in [0, 0.05) is 36.7 Å². The zero-order chi connectivity index (χ0) is 19.3. The summed E-state index contributed by atoms with van der Waals surface area (Å²) in [5.41, 5.74) is 1.41. The summed E-state index contributed by atoms with van der Waals surface area (Å²) in [7, 11) is 0. The van der Waals surface area contributed by atoms with Gasteiger partial charge < -0.3 is 14.5 Å². The van der Waals surface area contributed by atoms with Crippen LogP contribution in [0.3, 0.4) is 0 Å². The van der Waals surface area contributed by atoms with Crippen LogP contribution >= 0.6 is 0 Å². The van der Waals surface area contributed by atoms with Crippen molar-refractivity contribution < 1.29 is 14.3 Å². The number of fused-ring (bicyclic) bond motifs is 3. The number of anilines is 2. The lowest BCUT2D eigenvalue weighted by atomic mass is 10.1. The van der Waals surface area contributed by atoms with Crippen molar-refractivity contribution in [2.45, 2.75) is 25.3 Å². The lowest BCUT2D eigenvalue weighted by Gasteiger charge is -2.31. The molecule has 1 saturated carbocycles. The van der Waals surface area contributed by atoms with Crippen molar-refractivity contribution in [3.05, 3.63) is 41.6 Å². The van der Waals surface area contributed by atoms with Crippen LogP contribution in [0.15, 0.2) is 30.6 Å². The number of ether oxygens (including phenoxy) is 1. The summed E-state index contributed by atoms with van der Waals surface area (Å²) < 4.78 is 6.98. The van der Waals surface area contributed by atoms with Gasteiger partial charge in [0.2, 0.25) is 6.41 Å². The number of amides is 1. The van der Waals surface area contributed by atoms with E-state index in [2.05, 4.69) is 4.98 Å². The highest BCUT2D eigenvalue weighted by atomic mass is 16.5. The number of nitrogens with one attached hydrogen (secondary N) is 1. The molecular formula is C20H21N5O3. The summed E-state index contributed by atoms with van der Waals surface area (Å²) in [5.74, 6) is 1.87. The van der Waals surface area contributed by atoms with Gasteiger partial charge in [-0.05, 0) is 37.3 Å². The Morgan fingerprint density at radius 2 is 2.21 bits per heavy atom. The van der Waals surface area contributed by atoms with E-state index in [1.807, 2.05) is 9.80 Å². The Bertz CT molecular complexity index is 1020. The lowest BCUT2D eigenvalue weighted by molar-refractivity contribution is 0.0702. The van der Waals surface area contributed by atoms with Crippen molar-refractivity contribution in [2.75, 3.05) is 24.6 Å². The van der Waals surface area contributed by atoms with Gasteiger partial charge in [-0.15, -0.1) is 0 Å². The van der Waals surface area contributed by atoms with Crippen LogP contribution in [0.5, 0.6) is 5.75 Å². The third-order valence-corrected chi connectivity index (χ3v) is 5.97. The molecule has 1 amide bonds. The zero-order valence-electron chi connectivity index (χ0n) is 15.4. The van der Waals surface area contributed by atoms with Gasteiger partial charge in [-0.3, -0.25) is 19.6 Å². The lowest BCUT2D eigenvalue weighted by Crippen LogP contribution is -2.38. The minimum Gasteiger partial charge on any atom is -0.488 e. The van der Waals surface area contributed by atoms with Crippen molar-refractivity contribution >= 4 is 23.8 Å². The fourth-order valence-electron chi connectivity index (χ4n) is 4.57. The SMILES string of the molecule is N=c1cc(N2CCOc3cc(C(=O)N4C[C@@H]5CCC4C5)cnc32)ccn1C=O. The van der Waals surface area contributed by atoms with E-state index >= 15 is 0 Å². The number of likely N-dealkylation sites (tertiary alicyclic amines) is 1. The molecule has 2 aromatic rings. The highest BCUT2D eigenvalue weighted by molar-refractivity contribution is 5.95. The first-order valence-electron chi connectivity index (χ1n) is 9.57. The summed E-state index contributed by atoms with van der Waals surface area (Å²) in [6, 6.07) is 5.53. The van der Waals surface area contributed by atoms with E-state index in [0.717, 1.165) is 25.1 Å². The van der Waals surface area contributed by atoms with Gasteiger partial charge >= 0.3 is 0 Å². The molecule has 5 rings (SSSR count). The molecule has 0 spiro atoms. The van der Waals surface area contributed by atoms with Crippen LogP contribution in [-0.4, -0.2) is 52.5 Å². The largest absolute Gasteiger partial charge is 0.488 e. The number of aromatic nitrogens is 2. The second kappa shape index (κ2) is 6.47. The molecule has 2 atom stereocenters. The van der Waals surface area contributed by atoms with E-state index in [1.54, 1.807) is 30.6 Å². The molecular weight excluding hydrogens is 358 g/mol. The summed E-state index contributed by atoms with van der Waals surface area (Å²) in [6.45, 7) is 1.88. The zero-order valence-corrected chi connectivity index (χ0v) is 15.4. The Morgan fingerprint density at radius 1 is 1.32 bits per heavy atom. The minimum atomic E-state index is 0.0309. The van der Waals surface area contributed by atoms with Crippen LogP contribution in [0.25, 0.3) is 0 Å². The molecule has 0 aromatic carbocycles. The molecule has 2 fully saturated rings. The van der Waals surface area contributed by atoms with Crippen LogP contribution in [0.4, 0.5) is 11.5 Å². The summed E-state index contributed by atoms with van der Waals surface area (Å²) in [4.78, 5) is 32.3. The van der Waals surface area contributed by atoms with E-state index in [4.69, 9.17) is 10.1 Å². The highest BCUT2D eigenvalue weighted by Gasteiger charge is 2.40. The molecule has 2 aromatic heterocycles. The average molecular weight is 379 g/mol. The molecule has 8 heteroatoms. The predicted molar refractivity (Wildman–Crippen MR) is 101 cm³/mol. The van der Waals surface area contributed by atoms with Crippen molar-refractivity contribution in [1.29, 1.82) is 5.41 Å². The fourth-order valence-corrected chi connectivity index (χ4v) is 4.57. The third-order valence-electron chi connectivity index (χ3n) is 5.97. The van der Waals surface area contributed by atoms with Gasteiger partial charge in [-0.25, -0.2) is 4.98 Å². The average Bonchev–Trinajstić information content (AvgIpc) is 3.36. The molecule has 144 valence electrons. The molecule has 1 aliphatic carbocycles. The number of carbonyl (C=O) groups excluding carboxylic acids is 2. The Morgan fingerprint density at radius 3 is 2.93 bits per heavy atom. The van der Waals surface area contributed by atoms with Crippen molar-refractivity contribution in [3.8, 4) is 5.75 Å². The Kier molecular flexibility index (Phi) is 3.92. The number of nitrogens with zero attached hydrogens (tertiary/aromatic N) is 4. The molecule has 3 aliphatic rings. The summed E-state index contributed by atoms with van der Waals surface area (Å²) in [5, 5.41) is 7.94. The van der Waals surface area contributed by atoms with Crippen molar-refractivity contribution in [1.82, 2.24) is 14.5 Å². The molecule has 2 aliphatic heterocycles. The van der Waals surface area contributed by atoms with Gasteiger partial charge in [0.15, 0.2) is 11.6 Å². The number of pyridine rings is 2. The van der Waals surface area contributed by atoms with E-state index in [-0.39, 0.29) is 11.4 Å². The van der Waals surface area contributed by atoms with Crippen molar-refractivity contribution in [2.24, 2.45) is 5.92 Å². The second-order valence-corrected chi connectivity index (χ2v) is 7.62. The molecule has 4 heterocycles. The van der Waals surface area contributed by atoms with E-state index in [1.165, 1.54) is 11.0 Å². The smallest absolute Gasteiger partial charge is 0.255 e. The number of carbonyl (C=O) groups is 2. The number of rotatable bonds is 3. The Balaban J connectivity index is 1.45. The Hall–Kier alpha value is -3.16. The van der Waals surface area contributed by atoms with Crippen molar-refractivity contribution in [3.63, 3.8) is 0 Å². The standard InChI is InChI=1S/C20H21N5O3/c21-18-9-16(3-4-23(18)12-26)24-5-6-28-17-8-14(10-22-19(17)24)20(27)25-11-13-1-2-15(25)7-13/h3-4,8-10,12-13,15,21H,1-2,5-7,11H2/t13-,15?/m1/s1.